The van der Waals surface area contributed by atoms with Gasteiger partial charge in [-0.15, -0.1) is 0 Å². The predicted molar refractivity (Wildman–Crippen MR) is 121 cm³/mol. The van der Waals surface area contributed by atoms with Crippen LogP contribution in [0.15, 0.2) is 48.5 Å². The molecule has 0 aromatic heterocycles. The third-order valence-electron chi connectivity index (χ3n) is 4.90. The second-order valence-corrected chi connectivity index (χ2v) is 7.48. The van der Waals surface area contributed by atoms with Crippen molar-refractivity contribution in [3.8, 4) is 11.5 Å². The molecule has 174 valence electrons. The number of ether oxygens (including phenoxy) is 4. The summed E-state index contributed by atoms with van der Waals surface area (Å²) in [7, 11) is 4.59. The van der Waals surface area contributed by atoms with Crippen molar-refractivity contribution in [1.82, 2.24) is 10.6 Å². The first-order valence-corrected chi connectivity index (χ1v) is 10.4. The van der Waals surface area contributed by atoms with Crippen molar-refractivity contribution in [3.05, 3.63) is 59.7 Å². The van der Waals surface area contributed by atoms with Crippen LogP contribution in [0.5, 0.6) is 11.5 Å². The van der Waals surface area contributed by atoms with E-state index in [0.29, 0.717) is 11.5 Å². The quantitative estimate of drug-likeness (QED) is 0.583. The molecule has 3 atom stereocenters. The average molecular weight is 445 g/mol. The molecule has 0 saturated carbocycles. The molecule has 2 aromatic rings. The van der Waals surface area contributed by atoms with Crippen LogP contribution in [0.3, 0.4) is 0 Å². The van der Waals surface area contributed by atoms with Crippen LogP contribution in [0.4, 0.5) is 4.79 Å². The summed E-state index contributed by atoms with van der Waals surface area (Å²) in [5, 5.41) is 5.63. The van der Waals surface area contributed by atoms with Crippen LogP contribution < -0.4 is 20.1 Å². The third kappa shape index (κ3) is 6.62. The van der Waals surface area contributed by atoms with Gasteiger partial charge in [0.15, 0.2) is 11.5 Å². The maximum Gasteiger partial charge on any atom is 0.408 e. The maximum absolute atomic E-state index is 13.3. The molecule has 0 fully saturated rings. The van der Waals surface area contributed by atoms with E-state index >= 15 is 0 Å². The van der Waals surface area contributed by atoms with Gasteiger partial charge in [0, 0.05) is 7.11 Å². The lowest BCUT2D eigenvalue weighted by atomic mass is 9.97. The van der Waals surface area contributed by atoms with E-state index < -0.39 is 30.2 Å². The van der Waals surface area contributed by atoms with Crippen LogP contribution in [0.2, 0.25) is 0 Å². The lowest BCUT2D eigenvalue weighted by Crippen LogP contribution is -2.54. The van der Waals surface area contributed by atoms with Crippen molar-refractivity contribution in [3.63, 3.8) is 0 Å². The molecule has 0 radical (unpaired) electrons. The van der Waals surface area contributed by atoms with E-state index in [9.17, 15) is 9.59 Å². The second kappa shape index (κ2) is 12.0. The van der Waals surface area contributed by atoms with Crippen molar-refractivity contribution in [2.75, 3.05) is 21.3 Å². The van der Waals surface area contributed by atoms with Crippen molar-refractivity contribution in [1.29, 1.82) is 0 Å². The van der Waals surface area contributed by atoms with E-state index in [1.807, 2.05) is 42.5 Å². The Hall–Kier alpha value is -3.26. The summed E-state index contributed by atoms with van der Waals surface area (Å²) in [4.78, 5) is 25.5. The van der Waals surface area contributed by atoms with Crippen LogP contribution in [-0.4, -0.2) is 51.6 Å². The second-order valence-electron chi connectivity index (χ2n) is 7.48. The summed E-state index contributed by atoms with van der Waals surface area (Å²) in [5.41, 5.74) is 1.65. The summed E-state index contributed by atoms with van der Waals surface area (Å²) in [5.74, 6) is 0.711. The molecule has 32 heavy (non-hydrogen) atoms. The van der Waals surface area contributed by atoms with E-state index in [4.69, 9.17) is 18.9 Å². The summed E-state index contributed by atoms with van der Waals surface area (Å²) < 4.78 is 21.2. The summed E-state index contributed by atoms with van der Waals surface area (Å²) in [6, 6.07) is 13.5. The van der Waals surface area contributed by atoms with Gasteiger partial charge in [0.25, 0.3) is 0 Å². The molecule has 1 unspecified atom stereocenters. The van der Waals surface area contributed by atoms with Gasteiger partial charge in [0.05, 0.1) is 32.5 Å². The SMILES string of the molecule is COc1ccc(C(NC(=O)[C@@H](NC(=O)OC(C)C)[C@@H](C)OC)c2ccccc2)cc1OC. The van der Waals surface area contributed by atoms with Crippen molar-refractivity contribution >= 4 is 12.0 Å². The Morgan fingerprint density at radius 2 is 1.47 bits per heavy atom. The molecule has 2 N–H and O–H groups in total. The van der Waals surface area contributed by atoms with E-state index in [1.54, 1.807) is 41.1 Å². The zero-order valence-corrected chi connectivity index (χ0v) is 19.4. The topological polar surface area (TPSA) is 95.1 Å². The van der Waals surface area contributed by atoms with Gasteiger partial charge in [-0.2, -0.15) is 0 Å². The molecule has 2 aromatic carbocycles. The minimum Gasteiger partial charge on any atom is -0.493 e. The average Bonchev–Trinajstić information content (AvgIpc) is 2.79. The van der Waals surface area contributed by atoms with Crippen LogP contribution >= 0.6 is 0 Å². The molecule has 0 aliphatic carbocycles. The Bertz CT molecular complexity index is 887. The van der Waals surface area contributed by atoms with Gasteiger partial charge in [-0.05, 0) is 44.0 Å². The van der Waals surface area contributed by atoms with Crippen LogP contribution in [0.1, 0.15) is 37.9 Å². The number of hydrogen-bond acceptors (Lipinski definition) is 6. The first-order valence-electron chi connectivity index (χ1n) is 10.4. The Labute approximate surface area is 189 Å². The van der Waals surface area contributed by atoms with Gasteiger partial charge in [-0.3, -0.25) is 4.79 Å². The normalized spacial score (nSPS) is 13.6. The molecule has 2 amide bonds. The van der Waals surface area contributed by atoms with Crippen LogP contribution in [0.25, 0.3) is 0 Å². The number of benzene rings is 2. The minimum atomic E-state index is -0.961. The van der Waals surface area contributed by atoms with E-state index in [0.717, 1.165) is 11.1 Å². The number of alkyl carbamates (subject to hydrolysis) is 1. The molecule has 0 bridgehead atoms. The number of nitrogens with one attached hydrogen (secondary N) is 2. The highest BCUT2D eigenvalue weighted by Gasteiger charge is 2.30. The molecule has 8 heteroatoms. The molecule has 0 aliphatic heterocycles. The zero-order valence-electron chi connectivity index (χ0n) is 19.4. The molecule has 8 nitrogen and oxygen atoms in total. The molecule has 0 aliphatic rings. The zero-order chi connectivity index (χ0) is 23.7. The Balaban J connectivity index is 2.37. The maximum atomic E-state index is 13.3. The number of carbonyl (C=O) groups excluding carboxylic acids is 2. The first-order chi connectivity index (χ1) is 15.3. The van der Waals surface area contributed by atoms with Gasteiger partial charge < -0.3 is 29.6 Å². The monoisotopic (exact) mass is 444 g/mol. The number of hydrogen-bond donors (Lipinski definition) is 2. The van der Waals surface area contributed by atoms with Gasteiger partial charge >= 0.3 is 6.09 Å². The number of methoxy groups -OCH3 is 3. The smallest absolute Gasteiger partial charge is 0.408 e. The highest BCUT2D eigenvalue weighted by molar-refractivity contribution is 5.87. The van der Waals surface area contributed by atoms with E-state index in [-0.39, 0.29) is 6.10 Å². The van der Waals surface area contributed by atoms with Crippen LogP contribution in [0, 0.1) is 0 Å². The molecule has 0 spiro atoms. The first kappa shape index (κ1) is 25.0. The Morgan fingerprint density at radius 1 is 0.812 bits per heavy atom. The molecule has 0 saturated heterocycles. The predicted octanol–water partition coefficient (Wildman–Crippen LogP) is 3.45. The molecular weight excluding hydrogens is 412 g/mol. The van der Waals surface area contributed by atoms with Crippen molar-refractivity contribution in [2.45, 2.75) is 45.1 Å². The summed E-state index contributed by atoms with van der Waals surface area (Å²) in [6.07, 6.45) is -1.59. The lowest BCUT2D eigenvalue weighted by Gasteiger charge is -2.27. The van der Waals surface area contributed by atoms with E-state index in [1.165, 1.54) is 7.11 Å². The van der Waals surface area contributed by atoms with E-state index in [2.05, 4.69) is 10.6 Å². The number of amides is 2. The van der Waals surface area contributed by atoms with Gasteiger partial charge in [0.1, 0.15) is 6.04 Å². The highest BCUT2D eigenvalue weighted by atomic mass is 16.6. The van der Waals surface area contributed by atoms with Crippen LogP contribution in [-0.2, 0) is 14.3 Å². The molecular formula is C24H32N2O6. The molecule has 2 rings (SSSR count). The minimum absolute atomic E-state index is 0.319. The number of carbonyl (C=O) groups is 2. The summed E-state index contributed by atoms with van der Waals surface area (Å²) in [6.45, 7) is 5.17. The van der Waals surface area contributed by atoms with Gasteiger partial charge in [-0.1, -0.05) is 36.4 Å². The summed E-state index contributed by atoms with van der Waals surface area (Å²) >= 11 is 0. The van der Waals surface area contributed by atoms with Gasteiger partial charge in [0.2, 0.25) is 5.91 Å². The van der Waals surface area contributed by atoms with Crippen molar-refractivity contribution < 1.29 is 28.5 Å². The standard InChI is InChI=1S/C24H32N2O6/c1-15(2)32-24(28)26-21(16(3)29-4)23(27)25-22(17-10-8-7-9-11-17)18-12-13-19(30-5)20(14-18)31-6/h7-16,21-22H,1-6H3,(H,25,27)(H,26,28)/t16-,21+,22?/m1/s1. The fourth-order valence-electron chi connectivity index (χ4n) is 3.18. The highest BCUT2D eigenvalue weighted by Crippen LogP contribution is 2.32. The number of rotatable bonds is 10. The largest absolute Gasteiger partial charge is 0.493 e. The fraction of sp³-hybridized carbons (Fsp3) is 0.417. The lowest BCUT2D eigenvalue weighted by molar-refractivity contribution is -0.126. The Morgan fingerprint density at radius 3 is 2.03 bits per heavy atom. The third-order valence-corrected chi connectivity index (χ3v) is 4.90. The molecule has 0 heterocycles. The Kier molecular flexibility index (Phi) is 9.34. The van der Waals surface area contributed by atoms with Crippen molar-refractivity contribution in [2.24, 2.45) is 0 Å². The fourth-order valence-corrected chi connectivity index (χ4v) is 3.18. The van der Waals surface area contributed by atoms with Gasteiger partial charge in [-0.25, -0.2) is 4.79 Å².